The molecule has 0 amide bonds. The smallest absolute Gasteiger partial charge is 0.325 e. The van der Waals surface area contributed by atoms with E-state index in [1.807, 2.05) is 0 Å². The van der Waals surface area contributed by atoms with Gasteiger partial charge in [-0.15, -0.1) is 0 Å². The topological polar surface area (TPSA) is 69.8 Å². The lowest BCUT2D eigenvalue weighted by Crippen LogP contribution is -2.55. The molecule has 5 nitrogen and oxygen atoms in total. The van der Waals surface area contributed by atoms with Crippen molar-refractivity contribution in [2.24, 2.45) is 11.7 Å². The first-order valence-corrected chi connectivity index (χ1v) is 7.94. The molecule has 1 saturated heterocycles. The van der Waals surface area contributed by atoms with Crippen molar-refractivity contribution in [2.45, 2.75) is 38.5 Å². The van der Waals surface area contributed by atoms with Gasteiger partial charge in [0, 0.05) is 32.1 Å². The summed E-state index contributed by atoms with van der Waals surface area (Å²) < 4.78 is 0. The molecule has 1 aliphatic rings. The lowest BCUT2D eigenvalue weighted by Gasteiger charge is -2.25. The Labute approximate surface area is 123 Å². The third kappa shape index (κ3) is 4.20. The second-order valence-electron chi connectivity index (χ2n) is 5.95. The number of likely N-dealkylation sites (N-methyl/N-ethyl adjacent to an activating group) is 1. The zero-order valence-corrected chi connectivity index (χ0v) is 13.3. The second kappa shape index (κ2) is 8.00. The average molecular weight is 283 g/mol. The highest BCUT2D eigenvalue weighted by Gasteiger charge is 2.48. The monoisotopic (exact) mass is 283 g/mol. The lowest BCUT2D eigenvalue weighted by atomic mass is 9.83. The van der Waals surface area contributed by atoms with Crippen LogP contribution in [0.1, 0.15) is 26.7 Å². The van der Waals surface area contributed by atoms with Crippen molar-refractivity contribution in [1.82, 2.24) is 9.80 Å². The van der Waals surface area contributed by atoms with Gasteiger partial charge in [0.1, 0.15) is 13.4 Å². The number of carbonyl (C=O) groups is 1. The standard InChI is InChI=1S/C14H30BN3O2/c1-3-17(4-2)8-9-18-10-12(6-5-7-15)14(16,11-18)13(19)20/h12H,3-11,15-16H2,1-2H3,(H,19,20)/t12-,14-/m0/s1. The minimum atomic E-state index is -1.06. The molecule has 2 atom stereocenters. The summed E-state index contributed by atoms with van der Waals surface area (Å²) in [5, 5.41) is 9.47. The largest absolute Gasteiger partial charge is 0.480 e. The van der Waals surface area contributed by atoms with Gasteiger partial charge in [-0.05, 0) is 19.5 Å². The van der Waals surface area contributed by atoms with E-state index < -0.39 is 11.5 Å². The molecular weight excluding hydrogens is 253 g/mol. The molecule has 6 heteroatoms. The molecule has 3 N–H and O–H groups in total. The van der Waals surface area contributed by atoms with Crippen LogP contribution in [0.5, 0.6) is 0 Å². The highest BCUT2D eigenvalue weighted by Crippen LogP contribution is 2.30. The van der Waals surface area contributed by atoms with Gasteiger partial charge in [-0.2, -0.15) is 0 Å². The van der Waals surface area contributed by atoms with Gasteiger partial charge < -0.3 is 15.7 Å². The molecule has 1 rings (SSSR count). The number of hydrogen-bond donors (Lipinski definition) is 2. The van der Waals surface area contributed by atoms with Gasteiger partial charge in [-0.25, -0.2) is 0 Å². The van der Waals surface area contributed by atoms with Crippen molar-refractivity contribution in [2.75, 3.05) is 39.3 Å². The van der Waals surface area contributed by atoms with E-state index in [1.165, 1.54) is 0 Å². The molecule has 116 valence electrons. The van der Waals surface area contributed by atoms with E-state index in [-0.39, 0.29) is 5.92 Å². The first-order valence-electron chi connectivity index (χ1n) is 7.94. The summed E-state index contributed by atoms with van der Waals surface area (Å²) in [6.07, 6.45) is 3.06. The maximum Gasteiger partial charge on any atom is 0.325 e. The average Bonchev–Trinajstić information content (AvgIpc) is 2.75. The SMILES string of the molecule is BCCC[C@H]1CN(CCN(CC)CC)C[C@@]1(N)C(=O)O. The van der Waals surface area contributed by atoms with Crippen molar-refractivity contribution >= 4 is 13.8 Å². The van der Waals surface area contributed by atoms with E-state index >= 15 is 0 Å². The third-order valence-corrected chi connectivity index (χ3v) is 4.62. The molecule has 1 fully saturated rings. The second-order valence-corrected chi connectivity index (χ2v) is 5.95. The summed E-state index contributed by atoms with van der Waals surface area (Å²) in [4.78, 5) is 16.1. The van der Waals surface area contributed by atoms with E-state index in [1.54, 1.807) is 0 Å². The number of aliphatic carboxylic acids is 1. The van der Waals surface area contributed by atoms with Crippen LogP contribution in [0.2, 0.25) is 6.32 Å². The fourth-order valence-corrected chi connectivity index (χ4v) is 3.07. The molecule has 1 aliphatic heterocycles. The van der Waals surface area contributed by atoms with E-state index in [0.29, 0.717) is 6.54 Å². The van der Waals surface area contributed by atoms with E-state index in [2.05, 4.69) is 31.5 Å². The quantitative estimate of drug-likeness (QED) is 0.577. The molecule has 0 aromatic heterocycles. The molecule has 0 bridgehead atoms. The summed E-state index contributed by atoms with van der Waals surface area (Å²) in [5.41, 5.74) is 5.14. The van der Waals surface area contributed by atoms with Crippen LogP contribution in [0.25, 0.3) is 0 Å². The summed E-state index contributed by atoms with van der Waals surface area (Å²) >= 11 is 0. The summed E-state index contributed by atoms with van der Waals surface area (Å²) in [6.45, 7) is 9.60. The van der Waals surface area contributed by atoms with Crippen LogP contribution in [0.15, 0.2) is 0 Å². The molecule has 0 saturated carbocycles. The van der Waals surface area contributed by atoms with Crippen LogP contribution in [0.4, 0.5) is 0 Å². The minimum absolute atomic E-state index is 0.0802. The third-order valence-electron chi connectivity index (χ3n) is 4.62. The maximum absolute atomic E-state index is 11.5. The number of rotatable bonds is 9. The molecule has 0 radical (unpaired) electrons. The van der Waals surface area contributed by atoms with E-state index in [4.69, 9.17) is 5.73 Å². The summed E-state index contributed by atoms with van der Waals surface area (Å²) in [5.74, 6) is -0.763. The van der Waals surface area contributed by atoms with Crippen molar-refractivity contribution in [3.63, 3.8) is 0 Å². The molecule has 0 aromatic carbocycles. The Hall–Kier alpha value is -0.585. The molecule has 20 heavy (non-hydrogen) atoms. The fraction of sp³-hybridized carbons (Fsp3) is 0.929. The number of carboxylic acid groups (broad SMARTS) is 1. The lowest BCUT2D eigenvalue weighted by molar-refractivity contribution is -0.144. The van der Waals surface area contributed by atoms with Gasteiger partial charge in [0.25, 0.3) is 0 Å². The van der Waals surface area contributed by atoms with Crippen LogP contribution < -0.4 is 5.73 Å². The highest BCUT2D eigenvalue weighted by atomic mass is 16.4. The molecule has 0 aromatic rings. The Kier molecular flexibility index (Phi) is 6.99. The number of nitrogens with two attached hydrogens (primary N) is 1. The van der Waals surface area contributed by atoms with Gasteiger partial charge in [0.05, 0.1) is 0 Å². The van der Waals surface area contributed by atoms with E-state index in [9.17, 15) is 9.90 Å². The number of hydrogen-bond acceptors (Lipinski definition) is 4. The zero-order valence-electron chi connectivity index (χ0n) is 13.3. The molecule has 0 unspecified atom stereocenters. The Morgan fingerprint density at radius 1 is 1.50 bits per heavy atom. The predicted molar refractivity (Wildman–Crippen MR) is 84.9 cm³/mol. The fourth-order valence-electron chi connectivity index (χ4n) is 3.07. The van der Waals surface area contributed by atoms with Gasteiger partial charge in [-0.1, -0.05) is 26.6 Å². The Morgan fingerprint density at radius 3 is 2.65 bits per heavy atom. The normalized spacial score (nSPS) is 27.3. The molecule has 1 heterocycles. The predicted octanol–water partition coefficient (Wildman–Crippen LogP) is -0.126. The Balaban J connectivity index is 2.58. The Bertz CT molecular complexity index is 313. The number of nitrogens with zero attached hydrogens (tertiary/aromatic N) is 2. The van der Waals surface area contributed by atoms with Crippen LogP contribution in [-0.2, 0) is 4.79 Å². The highest BCUT2D eigenvalue weighted by molar-refractivity contribution is 6.08. The van der Waals surface area contributed by atoms with E-state index in [0.717, 1.165) is 51.9 Å². The van der Waals surface area contributed by atoms with Crippen LogP contribution in [-0.4, -0.2) is 73.5 Å². The van der Waals surface area contributed by atoms with Crippen molar-refractivity contribution in [3.8, 4) is 0 Å². The van der Waals surface area contributed by atoms with Gasteiger partial charge in [-0.3, -0.25) is 9.69 Å². The molecular formula is C14H30BN3O2. The molecule has 0 aliphatic carbocycles. The van der Waals surface area contributed by atoms with Gasteiger partial charge >= 0.3 is 5.97 Å². The number of carboxylic acids is 1. The van der Waals surface area contributed by atoms with Crippen LogP contribution >= 0.6 is 0 Å². The first-order chi connectivity index (χ1) is 9.47. The van der Waals surface area contributed by atoms with Crippen LogP contribution in [0, 0.1) is 5.92 Å². The van der Waals surface area contributed by atoms with Gasteiger partial charge in [0.2, 0.25) is 0 Å². The Morgan fingerprint density at radius 2 is 2.15 bits per heavy atom. The van der Waals surface area contributed by atoms with Crippen LogP contribution in [0.3, 0.4) is 0 Å². The van der Waals surface area contributed by atoms with Gasteiger partial charge in [0.15, 0.2) is 0 Å². The summed E-state index contributed by atoms with van der Waals surface area (Å²) in [7, 11) is 2.13. The number of likely N-dealkylation sites (tertiary alicyclic amines) is 1. The first kappa shape index (κ1) is 17.5. The van der Waals surface area contributed by atoms with Crippen molar-refractivity contribution < 1.29 is 9.90 Å². The minimum Gasteiger partial charge on any atom is -0.480 e. The zero-order chi connectivity index (χ0) is 15.2. The molecule has 0 spiro atoms. The van der Waals surface area contributed by atoms with Crippen molar-refractivity contribution in [1.29, 1.82) is 0 Å². The van der Waals surface area contributed by atoms with Crippen molar-refractivity contribution in [3.05, 3.63) is 0 Å². The summed E-state index contributed by atoms with van der Waals surface area (Å²) in [6, 6.07) is 0. The maximum atomic E-state index is 11.5.